The van der Waals surface area contributed by atoms with Gasteiger partial charge in [-0.15, -0.1) is 11.3 Å². The molecular weight excluding hydrogens is 337 g/mol. The molecule has 1 amide bonds. The van der Waals surface area contributed by atoms with Gasteiger partial charge in [-0.2, -0.15) is 0 Å². The van der Waals surface area contributed by atoms with E-state index in [1.165, 1.54) is 6.07 Å². The number of aryl methyl sites for hydroxylation is 1. The van der Waals surface area contributed by atoms with E-state index in [1.54, 1.807) is 41.9 Å². The molecule has 1 N–H and O–H groups in total. The van der Waals surface area contributed by atoms with E-state index in [0.29, 0.717) is 31.4 Å². The topological polar surface area (TPSA) is 54.9 Å². The number of aromatic nitrogens is 2. The number of nitrogens with one attached hydrogen (secondary N) is 1. The zero-order valence-corrected chi connectivity index (χ0v) is 14.4. The fourth-order valence-electron chi connectivity index (χ4n) is 2.43. The fourth-order valence-corrected chi connectivity index (χ4v) is 3.23. The van der Waals surface area contributed by atoms with E-state index >= 15 is 0 Å². The Morgan fingerprint density at radius 2 is 1.92 bits per heavy atom. The number of halogens is 1. The molecule has 6 heteroatoms. The minimum absolute atomic E-state index is 0.0444. The highest BCUT2D eigenvalue weighted by Gasteiger charge is 2.08. The van der Waals surface area contributed by atoms with Crippen LogP contribution in [0, 0.1) is 5.82 Å². The average molecular weight is 355 g/mol. The van der Waals surface area contributed by atoms with E-state index in [9.17, 15) is 9.18 Å². The summed E-state index contributed by atoms with van der Waals surface area (Å²) in [5.41, 5.74) is 2.54. The molecule has 3 aromatic rings. The van der Waals surface area contributed by atoms with Crippen molar-refractivity contribution in [1.29, 1.82) is 0 Å². The van der Waals surface area contributed by atoms with Crippen molar-refractivity contribution in [3.8, 4) is 11.3 Å². The largest absolute Gasteiger partial charge is 0.356 e. The second-order valence-corrected chi connectivity index (χ2v) is 6.50. The molecule has 0 aliphatic carbocycles. The van der Waals surface area contributed by atoms with Gasteiger partial charge in [0, 0.05) is 42.7 Å². The van der Waals surface area contributed by atoms with Crippen LogP contribution in [0.3, 0.4) is 0 Å². The zero-order valence-electron chi connectivity index (χ0n) is 13.6. The zero-order chi connectivity index (χ0) is 17.5. The van der Waals surface area contributed by atoms with Gasteiger partial charge in [-0.25, -0.2) is 9.37 Å². The summed E-state index contributed by atoms with van der Waals surface area (Å²) in [7, 11) is 0. The molecule has 0 atom stereocenters. The van der Waals surface area contributed by atoms with Crippen molar-refractivity contribution in [3.05, 3.63) is 70.6 Å². The Hall–Kier alpha value is -2.60. The third-order valence-electron chi connectivity index (χ3n) is 3.77. The van der Waals surface area contributed by atoms with E-state index in [0.717, 1.165) is 16.3 Å². The lowest BCUT2D eigenvalue weighted by atomic mass is 10.1. The molecule has 0 fully saturated rings. The highest BCUT2D eigenvalue weighted by molar-refractivity contribution is 7.09. The number of benzene rings is 1. The number of hydrogen-bond acceptors (Lipinski definition) is 4. The molecule has 0 radical (unpaired) electrons. The molecule has 0 aliphatic heterocycles. The number of amides is 1. The number of carbonyl (C=O) groups excluding carboxylic acids is 1. The summed E-state index contributed by atoms with van der Waals surface area (Å²) in [5.74, 6) is -0.278. The van der Waals surface area contributed by atoms with Gasteiger partial charge in [0.2, 0.25) is 5.91 Å². The summed E-state index contributed by atoms with van der Waals surface area (Å²) in [6.45, 7) is 0.430. The monoisotopic (exact) mass is 355 g/mol. The molecule has 1 aromatic carbocycles. The lowest BCUT2D eigenvalue weighted by molar-refractivity contribution is -0.121. The van der Waals surface area contributed by atoms with Crippen LogP contribution in [0.1, 0.15) is 17.0 Å². The molecule has 0 aliphatic rings. The van der Waals surface area contributed by atoms with E-state index in [4.69, 9.17) is 0 Å². The molecule has 128 valence electrons. The maximum atomic E-state index is 13.5. The average Bonchev–Trinajstić information content (AvgIpc) is 3.11. The van der Waals surface area contributed by atoms with Crippen LogP contribution in [0.5, 0.6) is 0 Å². The first-order chi connectivity index (χ1) is 12.2. The predicted molar refractivity (Wildman–Crippen MR) is 96.8 cm³/mol. The van der Waals surface area contributed by atoms with Crippen molar-refractivity contribution in [2.45, 2.75) is 19.3 Å². The first kappa shape index (κ1) is 17.2. The van der Waals surface area contributed by atoms with Gasteiger partial charge in [-0.3, -0.25) is 9.78 Å². The van der Waals surface area contributed by atoms with Crippen LogP contribution in [0.25, 0.3) is 11.3 Å². The van der Waals surface area contributed by atoms with Crippen molar-refractivity contribution in [2.75, 3.05) is 6.54 Å². The molecule has 0 saturated heterocycles. The minimum atomic E-state index is -0.233. The summed E-state index contributed by atoms with van der Waals surface area (Å²) in [5, 5.41) is 5.74. The Bertz CT molecular complexity index is 835. The molecule has 2 aromatic heterocycles. The summed E-state index contributed by atoms with van der Waals surface area (Å²) in [4.78, 5) is 20.5. The second-order valence-electron chi connectivity index (χ2n) is 5.55. The molecule has 3 rings (SSSR count). The van der Waals surface area contributed by atoms with Crippen molar-refractivity contribution < 1.29 is 9.18 Å². The molecule has 0 spiro atoms. The fraction of sp³-hybridized carbons (Fsp3) is 0.211. The van der Waals surface area contributed by atoms with Crippen LogP contribution < -0.4 is 5.32 Å². The molecule has 0 saturated carbocycles. The normalized spacial score (nSPS) is 10.6. The number of thiazole rings is 1. The number of carbonyl (C=O) groups is 1. The first-order valence-corrected chi connectivity index (χ1v) is 8.95. The number of nitrogens with zero attached hydrogens (tertiary/aromatic N) is 2. The van der Waals surface area contributed by atoms with Crippen molar-refractivity contribution >= 4 is 17.2 Å². The van der Waals surface area contributed by atoms with E-state index < -0.39 is 0 Å². The Morgan fingerprint density at radius 3 is 2.72 bits per heavy atom. The maximum Gasteiger partial charge on any atom is 0.220 e. The molecule has 2 heterocycles. The van der Waals surface area contributed by atoms with Crippen LogP contribution >= 0.6 is 11.3 Å². The van der Waals surface area contributed by atoms with Gasteiger partial charge in [0.15, 0.2) is 0 Å². The third-order valence-corrected chi connectivity index (χ3v) is 4.68. The van der Waals surface area contributed by atoms with Gasteiger partial charge in [0.25, 0.3) is 0 Å². The number of hydrogen-bond donors (Lipinski definition) is 1. The van der Waals surface area contributed by atoms with Gasteiger partial charge in [-0.1, -0.05) is 18.2 Å². The minimum Gasteiger partial charge on any atom is -0.356 e. The molecule has 4 nitrogen and oxygen atoms in total. The Balaban J connectivity index is 1.44. The van der Waals surface area contributed by atoms with Crippen molar-refractivity contribution in [1.82, 2.24) is 15.3 Å². The summed E-state index contributed by atoms with van der Waals surface area (Å²) >= 11 is 1.55. The van der Waals surface area contributed by atoms with Crippen molar-refractivity contribution in [2.24, 2.45) is 0 Å². The first-order valence-electron chi connectivity index (χ1n) is 8.07. The second kappa shape index (κ2) is 8.48. The molecular formula is C19H18FN3OS. The van der Waals surface area contributed by atoms with Gasteiger partial charge < -0.3 is 5.32 Å². The summed E-state index contributed by atoms with van der Waals surface area (Å²) in [6, 6.07) is 10.4. The van der Waals surface area contributed by atoms with E-state index in [2.05, 4.69) is 15.3 Å². The van der Waals surface area contributed by atoms with Crippen LogP contribution in [0.2, 0.25) is 0 Å². The Labute approximate surface area is 149 Å². The molecule has 0 unspecified atom stereocenters. The highest BCUT2D eigenvalue weighted by atomic mass is 32.1. The lowest BCUT2D eigenvalue weighted by Crippen LogP contribution is -2.26. The van der Waals surface area contributed by atoms with Gasteiger partial charge in [0.05, 0.1) is 10.7 Å². The van der Waals surface area contributed by atoms with Gasteiger partial charge in [0.1, 0.15) is 5.82 Å². The molecule has 25 heavy (non-hydrogen) atoms. The van der Waals surface area contributed by atoms with Crippen LogP contribution in [-0.2, 0) is 17.6 Å². The van der Waals surface area contributed by atoms with Gasteiger partial charge in [-0.05, 0) is 30.2 Å². The third kappa shape index (κ3) is 4.93. The number of pyridine rings is 1. The maximum absolute atomic E-state index is 13.5. The molecule has 0 bridgehead atoms. The predicted octanol–water partition coefficient (Wildman–Crippen LogP) is 3.64. The Kier molecular flexibility index (Phi) is 5.85. The van der Waals surface area contributed by atoms with Crippen LogP contribution in [0.15, 0.2) is 54.2 Å². The highest BCUT2D eigenvalue weighted by Crippen LogP contribution is 2.21. The SMILES string of the molecule is O=C(CCc1nc(-c2ccncc2)cs1)NCCc1ccccc1F. The standard InChI is InChI=1S/C19H18FN3OS/c20-16-4-2-1-3-14(16)9-12-22-18(24)5-6-19-23-17(13-25-19)15-7-10-21-11-8-15/h1-4,7-8,10-11,13H,5-6,9,12H2,(H,22,24). The summed E-state index contributed by atoms with van der Waals surface area (Å²) < 4.78 is 13.5. The van der Waals surface area contributed by atoms with Crippen molar-refractivity contribution in [3.63, 3.8) is 0 Å². The quantitative estimate of drug-likeness (QED) is 0.704. The van der Waals surface area contributed by atoms with E-state index in [1.807, 2.05) is 17.5 Å². The van der Waals surface area contributed by atoms with Crippen LogP contribution in [-0.4, -0.2) is 22.4 Å². The smallest absolute Gasteiger partial charge is 0.220 e. The van der Waals surface area contributed by atoms with Crippen LogP contribution in [0.4, 0.5) is 4.39 Å². The number of rotatable bonds is 7. The lowest BCUT2D eigenvalue weighted by Gasteiger charge is -2.05. The van der Waals surface area contributed by atoms with Gasteiger partial charge >= 0.3 is 0 Å². The van der Waals surface area contributed by atoms with E-state index in [-0.39, 0.29) is 11.7 Å². The Morgan fingerprint density at radius 1 is 1.12 bits per heavy atom. The summed E-state index contributed by atoms with van der Waals surface area (Å²) in [6.07, 6.45) is 4.93.